The maximum Gasteiger partial charge on any atom is 0.276 e. The van der Waals surface area contributed by atoms with Crippen LogP contribution in [0.25, 0.3) is 0 Å². The first-order valence-corrected chi connectivity index (χ1v) is 6.11. The summed E-state index contributed by atoms with van der Waals surface area (Å²) < 4.78 is 0. The fourth-order valence-electron chi connectivity index (χ4n) is 1.92. The van der Waals surface area contributed by atoms with Crippen molar-refractivity contribution in [2.75, 3.05) is 24.3 Å². The van der Waals surface area contributed by atoms with Gasteiger partial charge < -0.3 is 10.2 Å². The molecule has 1 heterocycles. The van der Waals surface area contributed by atoms with Gasteiger partial charge in [0.1, 0.15) is 5.69 Å². The number of rotatable bonds is 3. The highest BCUT2D eigenvalue weighted by molar-refractivity contribution is 6.05. The Morgan fingerprint density at radius 2 is 2.00 bits per heavy atom. The first-order valence-electron chi connectivity index (χ1n) is 6.11. The van der Waals surface area contributed by atoms with Gasteiger partial charge in [-0.3, -0.25) is 9.78 Å². The zero-order valence-corrected chi connectivity index (χ0v) is 11.3. The van der Waals surface area contributed by atoms with Gasteiger partial charge in [0.2, 0.25) is 0 Å². The molecule has 0 unspecified atom stereocenters. The van der Waals surface area contributed by atoms with Gasteiger partial charge in [-0.05, 0) is 30.7 Å². The number of nitrogens with zero attached hydrogens (tertiary/aromatic N) is 2. The summed E-state index contributed by atoms with van der Waals surface area (Å²) in [7, 11) is 3.58. The molecule has 0 bridgehead atoms. The predicted octanol–water partition coefficient (Wildman–Crippen LogP) is 2.71. The van der Waals surface area contributed by atoms with Gasteiger partial charge >= 0.3 is 0 Å². The van der Waals surface area contributed by atoms with Crippen molar-refractivity contribution in [1.29, 1.82) is 0 Å². The minimum atomic E-state index is -0.119. The normalized spacial score (nSPS) is 10.1. The lowest BCUT2D eigenvalue weighted by molar-refractivity contribution is 0.0988. The number of aryl methyl sites for hydroxylation is 1. The molecule has 1 aromatic heterocycles. The van der Waals surface area contributed by atoms with Crippen molar-refractivity contribution >= 4 is 17.3 Å². The number of hydrogen-bond donors (Lipinski definition) is 1. The van der Waals surface area contributed by atoms with Crippen molar-refractivity contribution in [3.8, 4) is 0 Å². The topological polar surface area (TPSA) is 45.2 Å². The number of benzene rings is 1. The number of hydrogen-bond acceptors (Lipinski definition) is 3. The Labute approximate surface area is 113 Å². The van der Waals surface area contributed by atoms with E-state index in [2.05, 4.69) is 10.3 Å². The molecule has 4 heteroatoms. The number of nitrogens with one attached hydrogen (secondary N) is 1. The zero-order chi connectivity index (χ0) is 13.8. The lowest BCUT2D eigenvalue weighted by Gasteiger charge is -2.19. The third-order valence-corrected chi connectivity index (χ3v) is 3.05. The molecule has 0 radical (unpaired) electrons. The SMILES string of the molecule is CNc1ccnc(C(=O)N(C)c2ccccc2C)c1. The zero-order valence-electron chi connectivity index (χ0n) is 11.3. The average molecular weight is 255 g/mol. The summed E-state index contributed by atoms with van der Waals surface area (Å²) in [6, 6.07) is 11.4. The van der Waals surface area contributed by atoms with E-state index in [1.807, 2.05) is 44.3 Å². The van der Waals surface area contributed by atoms with Crippen LogP contribution in [0.4, 0.5) is 11.4 Å². The van der Waals surface area contributed by atoms with Gasteiger partial charge in [0.15, 0.2) is 0 Å². The third-order valence-electron chi connectivity index (χ3n) is 3.05. The van der Waals surface area contributed by atoms with E-state index in [9.17, 15) is 4.79 Å². The predicted molar refractivity (Wildman–Crippen MR) is 77.7 cm³/mol. The van der Waals surface area contributed by atoms with Gasteiger partial charge in [0.25, 0.3) is 5.91 Å². The molecule has 4 nitrogen and oxygen atoms in total. The molecule has 1 N–H and O–H groups in total. The molecule has 0 aliphatic carbocycles. The summed E-state index contributed by atoms with van der Waals surface area (Å²) >= 11 is 0. The Kier molecular flexibility index (Phi) is 3.80. The molecule has 19 heavy (non-hydrogen) atoms. The Morgan fingerprint density at radius 1 is 1.26 bits per heavy atom. The lowest BCUT2D eigenvalue weighted by atomic mass is 10.2. The van der Waals surface area contributed by atoms with E-state index in [0.717, 1.165) is 16.9 Å². The highest BCUT2D eigenvalue weighted by Gasteiger charge is 2.16. The summed E-state index contributed by atoms with van der Waals surface area (Å²) in [4.78, 5) is 18.2. The van der Waals surface area contributed by atoms with Crippen molar-refractivity contribution in [3.63, 3.8) is 0 Å². The van der Waals surface area contributed by atoms with Crippen molar-refractivity contribution in [2.45, 2.75) is 6.92 Å². The quantitative estimate of drug-likeness (QED) is 0.917. The Bertz CT molecular complexity index is 595. The van der Waals surface area contributed by atoms with Gasteiger partial charge in [-0.2, -0.15) is 0 Å². The lowest BCUT2D eigenvalue weighted by Crippen LogP contribution is -2.27. The highest BCUT2D eigenvalue weighted by atomic mass is 16.2. The maximum atomic E-state index is 12.4. The van der Waals surface area contributed by atoms with Gasteiger partial charge in [0, 0.05) is 31.7 Å². The second kappa shape index (κ2) is 5.52. The summed E-state index contributed by atoms with van der Waals surface area (Å²) in [6.45, 7) is 1.98. The number of carbonyl (C=O) groups is 1. The number of para-hydroxylation sites is 1. The number of anilines is 2. The van der Waals surface area contributed by atoms with Crippen LogP contribution < -0.4 is 10.2 Å². The number of carbonyl (C=O) groups excluding carboxylic acids is 1. The monoisotopic (exact) mass is 255 g/mol. The molecule has 2 aromatic rings. The minimum Gasteiger partial charge on any atom is -0.388 e. The van der Waals surface area contributed by atoms with E-state index in [4.69, 9.17) is 0 Å². The van der Waals surface area contributed by atoms with Crippen LogP contribution in [0.5, 0.6) is 0 Å². The molecule has 0 atom stereocenters. The molecule has 0 spiro atoms. The van der Waals surface area contributed by atoms with Crippen LogP contribution in [0, 0.1) is 6.92 Å². The maximum absolute atomic E-state index is 12.4. The van der Waals surface area contributed by atoms with Crippen LogP contribution in [-0.2, 0) is 0 Å². The molecule has 1 aromatic carbocycles. The molecule has 0 saturated carbocycles. The van der Waals surface area contributed by atoms with Gasteiger partial charge in [0.05, 0.1) is 0 Å². The van der Waals surface area contributed by atoms with Crippen molar-refractivity contribution in [3.05, 3.63) is 53.9 Å². The third kappa shape index (κ3) is 2.73. The fourth-order valence-corrected chi connectivity index (χ4v) is 1.92. The van der Waals surface area contributed by atoms with Gasteiger partial charge in [-0.15, -0.1) is 0 Å². The van der Waals surface area contributed by atoms with Crippen LogP contribution >= 0.6 is 0 Å². The number of amides is 1. The molecule has 2 rings (SSSR count). The Balaban J connectivity index is 2.31. The van der Waals surface area contributed by atoms with Gasteiger partial charge in [-0.25, -0.2) is 0 Å². The molecular formula is C15H17N3O. The summed E-state index contributed by atoms with van der Waals surface area (Å²) in [5.74, 6) is -0.119. The minimum absolute atomic E-state index is 0.119. The van der Waals surface area contributed by atoms with Crippen LogP contribution in [-0.4, -0.2) is 25.0 Å². The van der Waals surface area contributed by atoms with Crippen molar-refractivity contribution < 1.29 is 4.79 Å². The second-order valence-corrected chi connectivity index (χ2v) is 4.33. The molecule has 1 amide bonds. The first kappa shape index (κ1) is 13.1. The van der Waals surface area contributed by atoms with E-state index in [0.29, 0.717) is 5.69 Å². The highest BCUT2D eigenvalue weighted by Crippen LogP contribution is 2.20. The second-order valence-electron chi connectivity index (χ2n) is 4.33. The van der Waals surface area contributed by atoms with E-state index < -0.39 is 0 Å². The molecule has 0 fully saturated rings. The number of pyridine rings is 1. The van der Waals surface area contributed by atoms with Gasteiger partial charge in [-0.1, -0.05) is 18.2 Å². The Morgan fingerprint density at radius 3 is 2.68 bits per heavy atom. The number of aromatic nitrogens is 1. The van der Waals surface area contributed by atoms with Crippen molar-refractivity contribution in [1.82, 2.24) is 4.98 Å². The molecular weight excluding hydrogens is 238 g/mol. The van der Waals surface area contributed by atoms with Crippen LogP contribution in [0.3, 0.4) is 0 Å². The molecule has 0 saturated heterocycles. The summed E-state index contributed by atoms with van der Waals surface area (Å²) in [5, 5.41) is 3.00. The largest absolute Gasteiger partial charge is 0.388 e. The van der Waals surface area contributed by atoms with Crippen LogP contribution in [0.1, 0.15) is 16.1 Å². The van der Waals surface area contributed by atoms with Crippen LogP contribution in [0.15, 0.2) is 42.6 Å². The first-order chi connectivity index (χ1) is 9.13. The molecule has 98 valence electrons. The van der Waals surface area contributed by atoms with Crippen LogP contribution in [0.2, 0.25) is 0 Å². The van der Waals surface area contributed by atoms with E-state index in [1.165, 1.54) is 0 Å². The standard InChI is InChI=1S/C15H17N3O/c1-11-6-4-5-7-14(11)18(3)15(19)13-10-12(16-2)8-9-17-13/h4-10H,1-3H3,(H,16,17). The van der Waals surface area contributed by atoms with E-state index in [-0.39, 0.29) is 5.91 Å². The molecule has 0 aliphatic heterocycles. The van der Waals surface area contributed by atoms with Crippen molar-refractivity contribution in [2.24, 2.45) is 0 Å². The fraction of sp³-hybridized carbons (Fsp3) is 0.200. The summed E-state index contributed by atoms with van der Waals surface area (Å²) in [6.07, 6.45) is 1.63. The Hall–Kier alpha value is -2.36. The van der Waals surface area contributed by atoms with E-state index >= 15 is 0 Å². The summed E-state index contributed by atoms with van der Waals surface area (Å²) in [5.41, 5.74) is 3.25. The average Bonchev–Trinajstić information content (AvgIpc) is 2.46. The van der Waals surface area contributed by atoms with E-state index in [1.54, 1.807) is 24.2 Å². The molecule has 0 aliphatic rings. The smallest absolute Gasteiger partial charge is 0.276 e.